The van der Waals surface area contributed by atoms with Gasteiger partial charge in [-0.05, 0) is 88.4 Å². The number of carboxylic acids is 1. The first kappa shape index (κ1) is 29.9. The van der Waals surface area contributed by atoms with Gasteiger partial charge in [-0.2, -0.15) is 0 Å². The zero-order chi connectivity index (χ0) is 26.6. The van der Waals surface area contributed by atoms with Crippen LogP contribution in [0.5, 0.6) is 0 Å². The molecule has 4 rings (SSSR count). The van der Waals surface area contributed by atoms with Crippen LogP contribution >= 0.6 is 0 Å². The number of aliphatic hydroxyl groups excluding tert-OH is 1. The SMILES string of the molecule is O=C(O)COCC=CC[C@@H]1[C@@H](CC[C@@H](OC2CCCCO2)C2CCCCC2)[C@H](OC2CCCCO2)C[C@@H]1O. The Hall–Kier alpha value is -1.03. The van der Waals surface area contributed by atoms with Crippen molar-refractivity contribution < 1.29 is 38.7 Å². The van der Waals surface area contributed by atoms with Crippen molar-refractivity contribution in [2.24, 2.45) is 17.8 Å². The molecule has 2 saturated heterocycles. The maximum Gasteiger partial charge on any atom is 0.329 e. The molecule has 4 aliphatic rings. The van der Waals surface area contributed by atoms with E-state index >= 15 is 0 Å². The van der Waals surface area contributed by atoms with Crippen molar-refractivity contribution in [1.82, 2.24) is 0 Å². The van der Waals surface area contributed by atoms with E-state index in [4.69, 9.17) is 28.8 Å². The van der Waals surface area contributed by atoms with E-state index in [-0.39, 0.29) is 49.8 Å². The van der Waals surface area contributed by atoms with Gasteiger partial charge in [0.05, 0.1) is 24.9 Å². The first-order chi connectivity index (χ1) is 18.6. The molecule has 2 unspecified atom stereocenters. The van der Waals surface area contributed by atoms with E-state index < -0.39 is 12.1 Å². The van der Waals surface area contributed by atoms with E-state index in [2.05, 4.69) is 0 Å². The molecule has 8 heteroatoms. The number of hydrogen-bond donors (Lipinski definition) is 2. The molecular weight excluding hydrogens is 488 g/mol. The average molecular weight is 539 g/mol. The molecule has 0 bridgehead atoms. The van der Waals surface area contributed by atoms with E-state index in [1.54, 1.807) is 0 Å². The molecule has 0 amide bonds. The fourth-order valence-electron chi connectivity index (χ4n) is 6.88. The molecule has 218 valence electrons. The smallest absolute Gasteiger partial charge is 0.329 e. The minimum absolute atomic E-state index is 0.0345. The molecule has 2 heterocycles. The number of ether oxygens (including phenoxy) is 5. The predicted molar refractivity (Wildman–Crippen MR) is 143 cm³/mol. The largest absolute Gasteiger partial charge is 0.480 e. The number of rotatable bonds is 14. The second kappa shape index (κ2) is 16.3. The highest BCUT2D eigenvalue weighted by molar-refractivity contribution is 5.67. The second-order valence-corrected chi connectivity index (χ2v) is 11.7. The zero-order valence-electron chi connectivity index (χ0n) is 23.1. The topological polar surface area (TPSA) is 104 Å². The van der Waals surface area contributed by atoms with Crippen LogP contribution in [0.2, 0.25) is 0 Å². The molecule has 2 aliphatic heterocycles. The molecule has 7 atom stereocenters. The van der Waals surface area contributed by atoms with Gasteiger partial charge >= 0.3 is 5.97 Å². The van der Waals surface area contributed by atoms with E-state index in [1.807, 2.05) is 12.2 Å². The van der Waals surface area contributed by atoms with Crippen LogP contribution in [0.15, 0.2) is 12.2 Å². The molecule has 0 radical (unpaired) electrons. The first-order valence-corrected chi connectivity index (χ1v) is 15.3. The molecule has 8 nitrogen and oxygen atoms in total. The number of aliphatic carboxylic acids is 1. The maximum absolute atomic E-state index is 11.1. The highest BCUT2D eigenvalue weighted by atomic mass is 16.7. The van der Waals surface area contributed by atoms with Crippen LogP contribution < -0.4 is 0 Å². The number of carboxylic acid groups (broad SMARTS) is 1. The molecule has 4 fully saturated rings. The molecule has 0 spiro atoms. The van der Waals surface area contributed by atoms with Gasteiger partial charge < -0.3 is 33.9 Å². The summed E-state index contributed by atoms with van der Waals surface area (Å²) >= 11 is 0. The number of aliphatic hydroxyl groups is 1. The van der Waals surface area contributed by atoms with E-state index in [0.717, 1.165) is 58.2 Å². The maximum atomic E-state index is 11.1. The van der Waals surface area contributed by atoms with Gasteiger partial charge in [-0.25, -0.2) is 4.79 Å². The summed E-state index contributed by atoms with van der Waals surface area (Å²) in [5, 5.41) is 19.8. The summed E-state index contributed by atoms with van der Waals surface area (Å²) in [6.45, 7) is 1.49. The molecule has 0 aromatic rings. The van der Waals surface area contributed by atoms with Gasteiger partial charge in [0.15, 0.2) is 12.6 Å². The lowest BCUT2D eigenvalue weighted by atomic mass is 9.80. The third-order valence-corrected chi connectivity index (χ3v) is 8.90. The Morgan fingerprint density at radius 3 is 2.29 bits per heavy atom. The molecule has 0 aromatic heterocycles. The van der Waals surface area contributed by atoms with Crippen LogP contribution in [0.4, 0.5) is 0 Å². The third kappa shape index (κ3) is 9.56. The van der Waals surface area contributed by atoms with Crippen LogP contribution in [0.25, 0.3) is 0 Å². The number of allylic oxidation sites excluding steroid dienone is 1. The lowest BCUT2D eigenvalue weighted by Gasteiger charge is -2.36. The van der Waals surface area contributed by atoms with Crippen molar-refractivity contribution in [2.75, 3.05) is 26.4 Å². The second-order valence-electron chi connectivity index (χ2n) is 11.7. The molecule has 2 saturated carbocycles. The minimum atomic E-state index is -0.969. The van der Waals surface area contributed by atoms with Crippen molar-refractivity contribution in [3.05, 3.63) is 12.2 Å². The molecule has 0 aromatic carbocycles. The quantitative estimate of drug-likeness (QED) is 0.229. The summed E-state index contributed by atoms with van der Waals surface area (Å²) in [5.74, 6) is -0.103. The van der Waals surface area contributed by atoms with Crippen molar-refractivity contribution in [3.8, 4) is 0 Å². The summed E-state index contributed by atoms with van der Waals surface area (Å²) in [5.41, 5.74) is 0. The van der Waals surface area contributed by atoms with Crippen molar-refractivity contribution in [3.63, 3.8) is 0 Å². The zero-order valence-corrected chi connectivity index (χ0v) is 23.1. The minimum Gasteiger partial charge on any atom is -0.480 e. The van der Waals surface area contributed by atoms with Gasteiger partial charge in [-0.15, -0.1) is 0 Å². The van der Waals surface area contributed by atoms with Crippen LogP contribution in [-0.4, -0.2) is 73.5 Å². The number of carbonyl (C=O) groups is 1. The van der Waals surface area contributed by atoms with Crippen LogP contribution in [0.3, 0.4) is 0 Å². The highest BCUT2D eigenvalue weighted by Crippen LogP contribution is 2.42. The van der Waals surface area contributed by atoms with Crippen LogP contribution in [0.1, 0.15) is 96.3 Å². The normalized spacial score (nSPS) is 34.0. The predicted octanol–water partition coefficient (Wildman–Crippen LogP) is 5.22. The van der Waals surface area contributed by atoms with Gasteiger partial charge in [0.25, 0.3) is 0 Å². The van der Waals surface area contributed by atoms with Gasteiger partial charge in [0.2, 0.25) is 0 Å². The summed E-state index contributed by atoms with van der Waals surface area (Å²) in [6, 6.07) is 0. The van der Waals surface area contributed by atoms with E-state index in [1.165, 1.54) is 38.5 Å². The fourth-order valence-corrected chi connectivity index (χ4v) is 6.88. The van der Waals surface area contributed by atoms with Crippen molar-refractivity contribution >= 4 is 5.97 Å². The van der Waals surface area contributed by atoms with Gasteiger partial charge in [-0.3, -0.25) is 0 Å². The van der Waals surface area contributed by atoms with E-state index in [9.17, 15) is 9.90 Å². The number of hydrogen-bond acceptors (Lipinski definition) is 7. The molecular formula is C30H50O8. The highest BCUT2D eigenvalue weighted by Gasteiger charge is 2.44. The molecule has 38 heavy (non-hydrogen) atoms. The van der Waals surface area contributed by atoms with Crippen LogP contribution in [-0.2, 0) is 28.5 Å². The Kier molecular flexibility index (Phi) is 12.8. The Morgan fingerprint density at radius 2 is 1.61 bits per heavy atom. The lowest BCUT2D eigenvalue weighted by Crippen LogP contribution is -2.35. The molecule has 2 N–H and O–H groups in total. The Labute approximate surface area is 228 Å². The van der Waals surface area contributed by atoms with Crippen molar-refractivity contribution in [2.45, 2.75) is 127 Å². The summed E-state index contributed by atoms with van der Waals surface area (Å²) in [4.78, 5) is 10.7. The monoisotopic (exact) mass is 538 g/mol. The van der Waals surface area contributed by atoms with Gasteiger partial charge in [0.1, 0.15) is 6.61 Å². The summed E-state index contributed by atoms with van der Waals surface area (Å²) < 4.78 is 30.2. The Balaban J connectivity index is 1.39. The standard InChI is InChI=1S/C30H50O8/c31-25-20-27(38-30-14-6-9-19-36-30)24(23(25)12-4-7-17-34-21-28(32)33)15-16-26(22-10-2-1-3-11-22)37-29-13-5-8-18-35-29/h4,7,22-27,29-31H,1-3,5-6,8-21H2,(H,32,33)/t23-,24-,25+,26-,27-,29?,30?/m1/s1. The lowest BCUT2D eigenvalue weighted by molar-refractivity contribution is -0.207. The van der Waals surface area contributed by atoms with Crippen molar-refractivity contribution in [1.29, 1.82) is 0 Å². The molecule has 2 aliphatic carbocycles. The summed E-state index contributed by atoms with van der Waals surface area (Å²) in [6.07, 6.45) is 19.3. The first-order valence-electron chi connectivity index (χ1n) is 15.3. The van der Waals surface area contributed by atoms with Crippen LogP contribution in [0, 0.1) is 17.8 Å². The van der Waals surface area contributed by atoms with Gasteiger partial charge in [0, 0.05) is 19.6 Å². The average Bonchev–Trinajstić information content (AvgIpc) is 3.23. The Bertz CT molecular complexity index is 696. The van der Waals surface area contributed by atoms with Gasteiger partial charge in [-0.1, -0.05) is 31.4 Å². The third-order valence-electron chi connectivity index (χ3n) is 8.90. The fraction of sp³-hybridized carbons (Fsp3) is 0.900. The van der Waals surface area contributed by atoms with E-state index in [0.29, 0.717) is 18.8 Å². The summed E-state index contributed by atoms with van der Waals surface area (Å²) in [7, 11) is 0. The Morgan fingerprint density at radius 1 is 0.895 bits per heavy atom.